The van der Waals surface area contributed by atoms with Crippen LogP contribution in [-0.4, -0.2) is 34.1 Å². The summed E-state index contributed by atoms with van der Waals surface area (Å²) in [4.78, 5) is 20.9. The molecule has 5 nitrogen and oxygen atoms in total. The molecule has 0 aliphatic carbocycles. The van der Waals surface area contributed by atoms with Gasteiger partial charge in [-0.3, -0.25) is 4.79 Å². The van der Waals surface area contributed by atoms with Gasteiger partial charge in [0.2, 0.25) is 0 Å². The van der Waals surface area contributed by atoms with Crippen LogP contribution in [0.3, 0.4) is 0 Å². The first-order chi connectivity index (χ1) is 20.0. The van der Waals surface area contributed by atoms with Crippen LogP contribution in [0.5, 0.6) is 11.5 Å². The molecule has 0 amide bonds. The SMILES string of the molecule is CCC(CC)C(=O)/C=C(\O)C(CC)CC.Cc1c2c([c-]c3ccccc13)-c1ncnc3cc([CH2][Ge]([CH3])([CH3])[CH3])cc(c13)O2.[Ir]. The topological polar surface area (TPSA) is 72.3 Å². The Kier molecular flexibility index (Phi) is 12.2. The van der Waals surface area contributed by atoms with E-state index in [0.29, 0.717) is 0 Å². The van der Waals surface area contributed by atoms with Crippen molar-refractivity contribution in [1.82, 2.24) is 9.97 Å². The third kappa shape index (κ3) is 7.95. The second-order valence-corrected chi connectivity index (χ2v) is 24.0. The number of hydrogen-bond donors (Lipinski definition) is 1. The average molecular weight is 819 g/mol. The predicted molar refractivity (Wildman–Crippen MR) is 177 cm³/mol. The molecule has 5 rings (SSSR count). The molecule has 0 saturated carbocycles. The zero-order valence-electron chi connectivity index (χ0n) is 26.8. The van der Waals surface area contributed by atoms with E-state index >= 15 is 0 Å². The summed E-state index contributed by atoms with van der Waals surface area (Å²) in [6.45, 7) is 10.2. The number of fused-ring (bicyclic) bond motifs is 3. The summed E-state index contributed by atoms with van der Waals surface area (Å²) in [5, 5.41) is 14.2. The van der Waals surface area contributed by atoms with Gasteiger partial charge in [0.15, 0.2) is 5.78 Å². The maximum absolute atomic E-state index is 11.7. The monoisotopic (exact) mass is 820 g/mol. The fourth-order valence-electron chi connectivity index (χ4n) is 5.80. The van der Waals surface area contributed by atoms with E-state index in [0.717, 1.165) is 75.5 Å². The maximum Gasteiger partial charge on any atom is 0 e. The second-order valence-electron chi connectivity index (χ2n) is 12.5. The number of carbonyl (C=O) groups is 1. The Morgan fingerprint density at radius 2 is 1.65 bits per heavy atom. The van der Waals surface area contributed by atoms with E-state index in [1.807, 2.05) is 33.8 Å². The number of aliphatic hydroxyl groups excluding tert-OH is 1. The van der Waals surface area contributed by atoms with Gasteiger partial charge < -0.3 is 5.11 Å². The molecule has 7 heteroatoms. The van der Waals surface area contributed by atoms with Gasteiger partial charge in [-0.25, -0.2) is 0 Å². The quantitative estimate of drug-likeness (QED) is 0.0695. The van der Waals surface area contributed by atoms with Crippen molar-refractivity contribution in [1.29, 1.82) is 0 Å². The van der Waals surface area contributed by atoms with Crippen molar-refractivity contribution >= 4 is 40.7 Å². The number of aryl methyl sites for hydroxylation is 1. The normalized spacial score (nSPS) is 12.5. The van der Waals surface area contributed by atoms with Crippen molar-refractivity contribution in [2.24, 2.45) is 11.8 Å². The number of ketones is 1. The van der Waals surface area contributed by atoms with Crippen molar-refractivity contribution in [2.75, 3.05) is 0 Å². The molecule has 1 aromatic heterocycles. The standard InChI is InChI=1S/C23H21GeN2O.C13H24O2.Ir/c1-14-17-8-6-5-7-16(17)11-18-22-21-19(25-13-26-22)9-15(12-24(2,3)4)10-20(21)27-23(14)18;1-5-10(6-2)12(14)9-13(15)11(7-3)8-4;/h5-10,13H,12H2,1-4H3;9-11,14H,5-8H2,1-4H3;/q-1;;/b;12-9-;. The predicted octanol–water partition coefficient (Wildman–Crippen LogP) is 9.95. The van der Waals surface area contributed by atoms with Crippen molar-refractivity contribution in [3.63, 3.8) is 0 Å². The number of carbonyl (C=O) groups excluding carboxylic acids is 1. The van der Waals surface area contributed by atoms with Gasteiger partial charge in [0.1, 0.15) is 0 Å². The molecule has 1 aliphatic heterocycles. The minimum Gasteiger partial charge on any atom is 0 e. The van der Waals surface area contributed by atoms with Gasteiger partial charge in [-0.05, 0) is 25.7 Å². The molecule has 1 N–H and O–H groups in total. The van der Waals surface area contributed by atoms with Gasteiger partial charge in [0.25, 0.3) is 0 Å². The Morgan fingerprint density at radius 1 is 1.00 bits per heavy atom. The van der Waals surface area contributed by atoms with E-state index in [1.165, 1.54) is 17.0 Å². The number of aliphatic hydroxyl groups is 1. The molecule has 1 aliphatic rings. The first kappa shape index (κ1) is 34.9. The summed E-state index contributed by atoms with van der Waals surface area (Å²) in [6.07, 6.45) is 6.57. The van der Waals surface area contributed by atoms with Crippen LogP contribution in [-0.2, 0) is 30.2 Å². The summed E-state index contributed by atoms with van der Waals surface area (Å²) < 4.78 is 6.45. The molecule has 0 fully saturated rings. The summed E-state index contributed by atoms with van der Waals surface area (Å²) in [5.74, 6) is 9.60. The molecule has 0 atom stereocenters. The van der Waals surface area contributed by atoms with E-state index in [1.54, 1.807) is 6.33 Å². The number of aromatic nitrogens is 2. The van der Waals surface area contributed by atoms with Gasteiger partial charge in [-0.15, -0.1) is 0 Å². The summed E-state index contributed by atoms with van der Waals surface area (Å²) in [7, 11) is 0. The number of allylic oxidation sites excluding steroid dienone is 2. The van der Waals surface area contributed by atoms with E-state index in [4.69, 9.17) is 4.74 Å². The number of ether oxygens (including phenoxy) is 1. The van der Waals surface area contributed by atoms with Crippen LogP contribution in [0.15, 0.2) is 54.6 Å². The molecular formula is C36H45GeIrN2O3-. The van der Waals surface area contributed by atoms with Crippen LogP contribution in [0.1, 0.15) is 64.5 Å². The maximum atomic E-state index is 11.7. The number of rotatable bonds is 9. The van der Waals surface area contributed by atoms with Gasteiger partial charge in [-0.2, -0.15) is 0 Å². The first-order valence-electron chi connectivity index (χ1n) is 15.4. The van der Waals surface area contributed by atoms with E-state index < -0.39 is 13.3 Å². The van der Waals surface area contributed by atoms with Crippen LogP contribution in [0.4, 0.5) is 0 Å². The second kappa shape index (κ2) is 15.0. The van der Waals surface area contributed by atoms with Crippen molar-refractivity contribution in [3.05, 3.63) is 71.8 Å². The van der Waals surface area contributed by atoms with Crippen LogP contribution < -0.4 is 4.74 Å². The van der Waals surface area contributed by atoms with Crippen molar-refractivity contribution < 1.29 is 34.7 Å². The zero-order chi connectivity index (χ0) is 30.6. The average Bonchev–Trinajstić information content (AvgIpc) is 2.94. The van der Waals surface area contributed by atoms with Gasteiger partial charge in [0.05, 0.1) is 5.76 Å². The molecule has 231 valence electrons. The third-order valence-corrected chi connectivity index (χ3v) is 11.3. The summed E-state index contributed by atoms with van der Waals surface area (Å²) >= 11 is -1.74. The fraction of sp³-hybridized carbons (Fsp3) is 0.417. The Labute approximate surface area is 273 Å². The number of nitrogens with zero attached hydrogens (tertiary/aromatic N) is 2. The smallest absolute Gasteiger partial charge is 0 e. The largest absolute Gasteiger partial charge is 0 e. The molecule has 4 aromatic rings. The molecule has 2 heterocycles. The van der Waals surface area contributed by atoms with Crippen LogP contribution >= 0.6 is 0 Å². The molecule has 0 unspecified atom stereocenters. The van der Waals surface area contributed by atoms with Gasteiger partial charge in [0, 0.05) is 38.0 Å². The molecular weight excluding hydrogens is 773 g/mol. The molecule has 0 bridgehead atoms. The summed E-state index contributed by atoms with van der Waals surface area (Å²) in [5.41, 5.74) is 5.28. The van der Waals surface area contributed by atoms with E-state index in [9.17, 15) is 9.90 Å². The minimum absolute atomic E-state index is 0. The Balaban J connectivity index is 0.000000274. The Hall–Kier alpha value is -2.54. The fourth-order valence-corrected chi connectivity index (χ4v) is 8.80. The number of benzene rings is 3. The molecule has 3 aromatic carbocycles. The van der Waals surface area contributed by atoms with Crippen LogP contribution in [0.2, 0.25) is 17.3 Å². The zero-order valence-corrected chi connectivity index (χ0v) is 31.3. The molecule has 43 heavy (non-hydrogen) atoms. The van der Waals surface area contributed by atoms with Crippen molar-refractivity contribution in [2.45, 2.75) is 82.8 Å². The molecule has 1 radical (unpaired) electrons. The number of hydrogen-bond acceptors (Lipinski definition) is 5. The minimum atomic E-state index is -1.74. The van der Waals surface area contributed by atoms with Gasteiger partial charge in [-0.1, -0.05) is 27.7 Å². The van der Waals surface area contributed by atoms with Crippen LogP contribution in [0.25, 0.3) is 32.9 Å². The van der Waals surface area contributed by atoms with E-state index in [-0.39, 0.29) is 43.5 Å². The van der Waals surface area contributed by atoms with Gasteiger partial charge >= 0.3 is 162 Å². The first-order valence-corrected chi connectivity index (χ1v) is 23.1. The third-order valence-electron chi connectivity index (χ3n) is 8.19. The van der Waals surface area contributed by atoms with Crippen molar-refractivity contribution in [3.8, 4) is 22.8 Å². The van der Waals surface area contributed by atoms with E-state index in [2.05, 4.69) is 70.6 Å². The molecule has 0 saturated heterocycles. The summed E-state index contributed by atoms with van der Waals surface area (Å²) in [6, 6.07) is 16.3. The Morgan fingerprint density at radius 3 is 2.28 bits per heavy atom. The molecule has 0 spiro atoms. The van der Waals surface area contributed by atoms with Crippen LogP contribution in [0, 0.1) is 24.8 Å². The Bertz CT molecular complexity index is 1620.